The monoisotopic (exact) mass is 444 g/mol. The van der Waals surface area contributed by atoms with E-state index < -0.39 is 17.2 Å². The molecule has 0 bridgehead atoms. The maximum atomic E-state index is 12.3. The van der Waals surface area contributed by atoms with E-state index >= 15 is 0 Å². The highest BCUT2D eigenvalue weighted by Crippen LogP contribution is 2.28. The van der Waals surface area contributed by atoms with Gasteiger partial charge in [0.15, 0.2) is 22.7 Å². The molecule has 0 aliphatic rings. The highest BCUT2D eigenvalue weighted by molar-refractivity contribution is 5.71. The van der Waals surface area contributed by atoms with E-state index in [0.29, 0.717) is 35.9 Å². The molecule has 0 saturated heterocycles. The second-order valence-corrected chi connectivity index (χ2v) is 7.37. The number of H-pyrrole nitrogens is 1. The normalized spacial score (nSPS) is 11.0. The van der Waals surface area contributed by atoms with Crippen molar-refractivity contribution in [1.82, 2.24) is 19.1 Å². The molecule has 2 aromatic heterocycles. The van der Waals surface area contributed by atoms with Crippen molar-refractivity contribution in [3.8, 4) is 11.5 Å². The smallest absolute Gasteiger partial charge is 0.330 e. The van der Waals surface area contributed by atoms with Gasteiger partial charge in [0.2, 0.25) is 0 Å². The predicted octanol–water partition coefficient (Wildman–Crippen LogP) is 1.92. The lowest BCUT2D eigenvalue weighted by atomic mass is 10.1. The van der Waals surface area contributed by atoms with Crippen LogP contribution in [0.3, 0.4) is 0 Å². The first-order valence-electron chi connectivity index (χ1n) is 10.4. The molecule has 172 valence electrons. The van der Waals surface area contributed by atoms with Crippen LogP contribution < -0.4 is 20.7 Å². The molecule has 32 heavy (non-hydrogen) atoms. The fraction of sp³-hybridized carbons (Fsp3) is 0.455. The van der Waals surface area contributed by atoms with E-state index in [1.807, 2.05) is 19.1 Å². The molecule has 0 atom stereocenters. The van der Waals surface area contributed by atoms with Crippen molar-refractivity contribution >= 4 is 17.1 Å². The zero-order valence-electron chi connectivity index (χ0n) is 18.8. The standard InChI is InChI=1S/C22H28N4O6/c1-5-6-11-26-20-19(21(28)24-22(26)29)25(2)17(23-20)13-32-18(27)10-8-14-7-9-15(30-3)16(12-14)31-4/h7,9,12H,5-6,8,10-11,13H2,1-4H3,(H,24,28,29). The molecular formula is C22H28N4O6. The number of rotatable bonds is 10. The van der Waals surface area contributed by atoms with Crippen molar-refractivity contribution < 1.29 is 19.0 Å². The molecule has 1 aromatic carbocycles. The van der Waals surface area contributed by atoms with Gasteiger partial charge in [-0.2, -0.15) is 0 Å². The Labute approximate surface area is 184 Å². The Morgan fingerprint density at radius 2 is 1.91 bits per heavy atom. The Morgan fingerprint density at radius 1 is 1.16 bits per heavy atom. The number of hydrogen-bond donors (Lipinski definition) is 1. The highest BCUT2D eigenvalue weighted by Gasteiger charge is 2.17. The largest absolute Gasteiger partial charge is 0.493 e. The summed E-state index contributed by atoms with van der Waals surface area (Å²) in [6, 6.07) is 5.47. The molecule has 10 nitrogen and oxygen atoms in total. The number of ether oxygens (including phenoxy) is 3. The number of aromatic nitrogens is 4. The number of imidazole rings is 1. The maximum Gasteiger partial charge on any atom is 0.330 e. The minimum atomic E-state index is -0.515. The number of fused-ring (bicyclic) bond motifs is 1. The third-order valence-corrected chi connectivity index (χ3v) is 5.27. The number of carbonyl (C=O) groups excluding carboxylic acids is 1. The lowest BCUT2D eigenvalue weighted by Crippen LogP contribution is -2.31. The lowest BCUT2D eigenvalue weighted by molar-refractivity contribution is -0.145. The molecule has 1 N–H and O–H groups in total. The number of unbranched alkanes of at least 4 members (excludes halogenated alkanes) is 1. The van der Waals surface area contributed by atoms with Gasteiger partial charge < -0.3 is 18.8 Å². The number of nitrogens with zero attached hydrogens (tertiary/aromatic N) is 3. The van der Waals surface area contributed by atoms with Gasteiger partial charge in [0.25, 0.3) is 5.56 Å². The molecule has 0 saturated carbocycles. The molecule has 0 radical (unpaired) electrons. The fourth-order valence-corrected chi connectivity index (χ4v) is 3.44. The summed E-state index contributed by atoms with van der Waals surface area (Å²) < 4.78 is 18.9. The fourth-order valence-electron chi connectivity index (χ4n) is 3.44. The zero-order valence-corrected chi connectivity index (χ0v) is 18.8. The van der Waals surface area contributed by atoms with Crippen molar-refractivity contribution in [1.29, 1.82) is 0 Å². The van der Waals surface area contributed by atoms with Crippen LogP contribution in [0.2, 0.25) is 0 Å². The van der Waals surface area contributed by atoms with Crippen LogP contribution in [0.15, 0.2) is 27.8 Å². The van der Waals surface area contributed by atoms with Crippen LogP contribution in [-0.4, -0.2) is 39.3 Å². The van der Waals surface area contributed by atoms with Crippen molar-refractivity contribution in [2.45, 2.75) is 45.8 Å². The number of aryl methyl sites for hydroxylation is 3. The van der Waals surface area contributed by atoms with E-state index in [2.05, 4.69) is 9.97 Å². The second-order valence-electron chi connectivity index (χ2n) is 7.37. The summed E-state index contributed by atoms with van der Waals surface area (Å²) in [5, 5.41) is 0. The molecule has 0 amide bonds. The minimum Gasteiger partial charge on any atom is -0.493 e. The SMILES string of the molecule is CCCCn1c(=O)[nH]c(=O)c2c1nc(COC(=O)CCc1ccc(OC)c(OC)c1)n2C. The van der Waals surface area contributed by atoms with Gasteiger partial charge >= 0.3 is 11.7 Å². The van der Waals surface area contributed by atoms with Crippen LogP contribution in [0.4, 0.5) is 0 Å². The Hall–Kier alpha value is -3.56. The van der Waals surface area contributed by atoms with Crippen LogP contribution in [0, 0.1) is 0 Å². The molecule has 0 unspecified atom stereocenters. The van der Waals surface area contributed by atoms with Crippen LogP contribution >= 0.6 is 0 Å². The van der Waals surface area contributed by atoms with E-state index in [-0.39, 0.29) is 18.5 Å². The van der Waals surface area contributed by atoms with Gasteiger partial charge in [-0.1, -0.05) is 19.4 Å². The molecule has 10 heteroatoms. The van der Waals surface area contributed by atoms with Gasteiger partial charge in [0.1, 0.15) is 12.4 Å². The third kappa shape index (κ3) is 4.84. The minimum absolute atomic E-state index is 0.0998. The predicted molar refractivity (Wildman–Crippen MR) is 118 cm³/mol. The number of aromatic amines is 1. The first-order chi connectivity index (χ1) is 15.4. The number of carbonyl (C=O) groups is 1. The molecule has 3 aromatic rings. The van der Waals surface area contributed by atoms with E-state index in [1.165, 1.54) is 4.57 Å². The number of nitrogens with one attached hydrogen (secondary N) is 1. The molecule has 2 heterocycles. The van der Waals surface area contributed by atoms with Gasteiger partial charge in [-0.3, -0.25) is 19.1 Å². The van der Waals surface area contributed by atoms with Crippen LogP contribution in [0.1, 0.15) is 37.6 Å². The van der Waals surface area contributed by atoms with Gasteiger partial charge in [-0.05, 0) is 30.5 Å². The van der Waals surface area contributed by atoms with Crippen LogP contribution in [0.25, 0.3) is 11.2 Å². The van der Waals surface area contributed by atoms with Gasteiger partial charge in [0.05, 0.1) is 14.2 Å². The summed E-state index contributed by atoms with van der Waals surface area (Å²) in [6.45, 7) is 2.36. The van der Waals surface area contributed by atoms with E-state index in [0.717, 1.165) is 18.4 Å². The molecule has 0 aliphatic carbocycles. The topological polar surface area (TPSA) is 117 Å². The first-order valence-corrected chi connectivity index (χ1v) is 10.4. The maximum absolute atomic E-state index is 12.3. The summed E-state index contributed by atoms with van der Waals surface area (Å²) in [4.78, 5) is 43.5. The van der Waals surface area contributed by atoms with Crippen molar-refractivity contribution in [2.75, 3.05) is 14.2 Å². The zero-order chi connectivity index (χ0) is 23.3. The lowest BCUT2D eigenvalue weighted by Gasteiger charge is -2.09. The number of esters is 1. The quantitative estimate of drug-likeness (QED) is 0.475. The van der Waals surface area contributed by atoms with E-state index in [1.54, 1.807) is 31.9 Å². The summed E-state index contributed by atoms with van der Waals surface area (Å²) in [5.41, 5.74) is 0.475. The summed E-state index contributed by atoms with van der Waals surface area (Å²) in [5.74, 6) is 1.20. The average molecular weight is 444 g/mol. The summed E-state index contributed by atoms with van der Waals surface area (Å²) in [6.07, 6.45) is 2.31. The number of methoxy groups -OCH3 is 2. The Morgan fingerprint density at radius 3 is 2.59 bits per heavy atom. The van der Waals surface area contributed by atoms with Crippen molar-refractivity contribution in [2.24, 2.45) is 7.05 Å². The molecule has 0 spiro atoms. The Bertz CT molecular complexity index is 1220. The average Bonchev–Trinajstić information content (AvgIpc) is 3.12. The molecular weight excluding hydrogens is 416 g/mol. The second kappa shape index (κ2) is 10.2. The molecule has 0 fully saturated rings. The number of hydrogen-bond acceptors (Lipinski definition) is 7. The van der Waals surface area contributed by atoms with Crippen molar-refractivity contribution in [3.63, 3.8) is 0 Å². The first kappa shape index (κ1) is 23.1. The third-order valence-electron chi connectivity index (χ3n) is 5.27. The summed E-state index contributed by atoms with van der Waals surface area (Å²) in [7, 11) is 4.78. The Balaban J connectivity index is 1.70. The molecule has 3 rings (SSSR count). The van der Waals surface area contributed by atoms with Gasteiger partial charge in [-0.15, -0.1) is 0 Å². The van der Waals surface area contributed by atoms with Crippen LogP contribution in [-0.2, 0) is 36.2 Å². The Kier molecular flexibility index (Phi) is 7.34. The van der Waals surface area contributed by atoms with Gasteiger partial charge in [-0.25, -0.2) is 9.78 Å². The van der Waals surface area contributed by atoms with Gasteiger partial charge in [0, 0.05) is 20.0 Å². The van der Waals surface area contributed by atoms with Crippen molar-refractivity contribution in [3.05, 3.63) is 50.4 Å². The highest BCUT2D eigenvalue weighted by atomic mass is 16.5. The summed E-state index contributed by atoms with van der Waals surface area (Å²) >= 11 is 0. The number of benzene rings is 1. The van der Waals surface area contributed by atoms with E-state index in [4.69, 9.17) is 14.2 Å². The van der Waals surface area contributed by atoms with E-state index in [9.17, 15) is 14.4 Å². The molecule has 0 aliphatic heterocycles. The van der Waals surface area contributed by atoms with Crippen LogP contribution in [0.5, 0.6) is 11.5 Å².